The van der Waals surface area contributed by atoms with Gasteiger partial charge < -0.3 is 5.32 Å². The molecule has 0 aliphatic carbocycles. The maximum absolute atomic E-state index is 12.9. The highest BCUT2D eigenvalue weighted by Gasteiger charge is 2.33. The summed E-state index contributed by atoms with van der Waals surface area (Å²) in [6.45, 7) is 0. The topological polar surface area (TPSA) is 35.8 Å². The van der Waals surface area contributed by atoms with E-state index in [1.54, 1.807) is 24.3 Å². The SMILES string of the molecule is N#Cc1ccc(Nc2c(Br)cccc2Br)cc1C(F)(F)F. The van der Waals surface area contributed by atoms with E-state index >= 15 is 0 Å². The van der Waals surface area contributed by atoms with E-state index in [1.165, 1.54) is 6.07 Å². The van der Waals surface area contributed by atoms with Crippen LogP contribution in [0.25, 0.3) is 0 Å². The van der Waals surface area contributed by atoms with Crippen LogP contribution in [-0.4, -0.2) is 0 Å². The molecule has 0 atom stereocenters. The normalized spacial score (nSPS) is 11.0. The lowest BCUT2D eigenvalue weighted by Crippen LogP contribution is -2.08. The number of para-hydroxylation sites is 1. The van der Waals surface area contributed by atoms with Gasteiger partial charge in [0.1, 0.15) is 0 Å². The Kier molecular flexibility index (Phi) is 4.59. The highest BCUT2D eigenvalue weighted by molar-refractivity contribution is 9.11. The lowest BCUT2D eigenvalue weighted by atomic mass is 10.1. The third-order valence-corrected chi connectivity index (χ3v) is 4.00. The average Bonchev–Trinajstić information content (AvgIpc) is 2.42. The monoisotopic (exact) mass is 418 g/mol. The molecule has 2 aromatic rings. The number of halogens is 5. The molecule has 0 saturated heterocycles. The highest BCUT2D eigenvalue weighted by Crippen LogP contribution is 2.37. The number of anilines is 2. The summed E-state index contributed by atoms with van der Waals surface area (Å²) >= 11 is 6.65. The van der Waals surface area contributed by atoms with Crippen LogP contribution < -0.4 is 5.32 Å². The number of hydrogen-bond donors (Lipinski definition) is 1. The molecule has 1 N–H and O–H groups in total. The first-order valence-corrected chi connectivity index (χ1v) is 7.24. The minimum atomic E-state index is -4.58. The first-order valence-electron chi connectivity index (χ1n) is 5.65. The van der Waals surface area contributed by atoms with Gasteiger partial charge in [0.15, 0.2) is 0 Å². The molecule has 0 aromatic heterocycles. The summed E-state index contributed by atoms with van der Waals surface area (Å²) in [5.74, 6) is 0. The number of hydrogen-bond acceptors (Lipinski definition) is 2. The summed E-state index contributed by atoms with van der Waals surface area (Å²) in [6, 6.07) is 10.4. The van der Waals surface area contributed by atoms with E-state index in [9.17, 15) is 13.2 Å². The summed E-state index contributed by atoms with van der Waals surface area (Å²) in [7, 11) is 0. The Balaban J connectivity index is 2.45. The van der Waals surface area contributed by atoms with Crippen molar-refractivity contribution in [2.24, 2.45) is 0 Å². The Morgan fingerprint density at radius 2 is 1.67 bits per heavy atom. The lowest BCUT2D eigenvalue weighted by Gasteiger charge is -2.14. The Labute approximate surface area is 135 Å². The molecular formula is C14H7Br2F3N2. The van der Waals surface area contributed by atoms with Crippen LogP contribution in [-0.2, 0) is 6.18 Å². The van der Waals surface area contributed by atoms with Crippen molar-refractivity contribution in [1.82, 2.24) is 0 Å². The van der Waals surface area contributed by atoms with E-state index in [-0.39, 0.29) is 5.69 Å². The van der Waals surface area contributed by atoms with Crippen molar-refractivity contribution in [3.63, 3.8) is 0 Å². The summed E-state index contributed by atoms with van der Waals surface area (Å²) in [4.78, 5) is 0. The van der Waals surface area contributed by atoms with Crippen LogP contribution >= 0.6 is 31.9 Å². The van der Waals surface area contributed by atoms with Gasteiger partial charge in [-0.2, -0.15) is 18.4 Å². The first-order chi connectivity index (χ1) is 9.82. The van der Waals surface area contributed by atoms with Crippen molar-refractivity contribution in [3.8, 4) is 6.07 Å². The Hall–Kier alpha value is -1.52. The van der Waals surface area contributed by atoms with E-state index < -0.39 is 17.3 Å². The molecule has 108 valence electrons. The second-order valence-electron chi connectivity index (χ2n) is 4.09. The zero-order chi connectivity index (χ0) is 15.6. The zero-order valence-electron chi connectivity index (χ0n) is 10.3. The fourth-order valence-corrected chi connectivity index (χ4v) is 2.91. The molecule has 0 spiro atoms. The summed E-state index contributed by atoms with van der Waals surface area (Å²) in [6.07, 6.45) is -4.58. The maximum atomic E-state index is 12.9. The molecule has 0 unspecified atom stereocenters. The minimum Gasteiger partial charge on any atom is -0.354 e. The van der Waals surface area contributed by atoms with E-state index in [0.717, 1.165) is 12.1 Å². The van der Waals surface area contributed by atoms with Crippen LogP contribution in [0.2, 0.25) is 0 Å². The zero-order valence-corrected chi connectivity index (χ0v) is 13.5. The van der Waals surface area contributed by atoms with Crippen molar-refractivity contribution < 1.29 is 13.2 Å². The van der Waals surface area contributed by atoms with Gasteiger partial charge in [-0.15, -0.1) is 0 Å². The Morgan fingerprint density at radius 3 is 2.19 bits per heavy atom. The van der Waals surface area contributed by atoms with Crippen LogP contribution in [0.1, 0.15) is 11.1 Å². The molecule has 21 heavy (non-hydrogen) atoms. The average molecular weight is 420 g/mol. The third kappa shape index (κ3) is 3.57. The standard InChI is InChI=1S/C14H7Br2F3N2/c15-11-2-1-3-12(16)13(11)21-9-5-4-8(7-20)10(6-9)14(17,18)19/h1-6,21H. The van der Waals surface area contributed by atoms with Crippen LogP contribution in [0.4, 0.5) is 24.5 Å². The quantitative estimate of drug-likeness (QED) is 0.663. The van der Waals surface area contributed by atoms with Gasteiger partial charge in [0.25, 0.3) is 0 Å². The molecule has 0 heterocycles. The summed E-state index contributed by atoms with van der Waals surface area (Å²) in [5.41, 5.74) is -0.512. The molecule has 0 bridgehead atoms. The molecule has 0 fully saturated rings. The predicted octanol–water partition coefficient (Wildman–Crippen LogP) is 5.85. The van der Waals surface area contributed by atoms with Crippen molar-refractivity contribution in [2.45, 2.75) is 6.18 Å². The van der Waals surface area contributed by atoms with E-state index in [1.807, 2.05) is 0 Å². The molecule has 0 aliphatic rings. The first kappa shape index (κ1) is 15.9. The molecule has 0 radical (unpaired) electrons. The number of benzene rings is 2. The third-order valence-electron chi connectivity index (χ3n) is 2.68. The van der Waals surface area contributed by atoms with Crippen molar-refractivity contribution in [2.75, 3.05) is 5.32 Å². The summed E-state index contributed by atoms with van der Waals surface area (Å²) < 4.78 is 40.2. The van der Waals surface area contributed by atoms with Gasteiger partial charge in [-0.25, -0.2) is 0 Å². The number of nitrogens with one attached hydrogen (secondary N) is 1. The molecule has 2 nitrogen and oxygen atoms in total. The van der Waals surface area contributed by atoms with Gasteiger partial charge >= 0.3 is 6.18 Å². The number of nitriles is 1. The largest absolute Gasteiger partial charge is 0.417 e. The second-order valence-corrected chi connectivity index (χ2v) is 5.80. The van der Waals surface area contributed by atoms with Crippen LogP contribution in [0.3, 0.4) is 0 Å². The van der Waals surface area contributed by atoms with Gasteiger partial charge in [-0.05, 0) is 62.2 Å². The van der Waals surface area contributed by atoms with Crippen molar-refractivity contribution in [1.29, 1.82) is 5.26 Å². The van der Waals surface area contributed by atoms with Crippen molar-refractivity contribution in [3.05, 3.63) is 56.5 Å². The van der Waals surface area contributed by atoms with Gasteiger partial charge in [-0.1, -0.05) is 6.07 Å². The second kappa shape index (κ2) is 6.08. The molecule has 7 heteroatoms. The molecule has 0 saturated carbocycles. The minimum absolute atomic E-state index is 0.244. The van der Waals surface area contributed by atoms with Crippen LogP contribution in [0.5, 0.6) is 0 Å². The number of nitrogens with zero attached hydrogens (tertiary/aromatic N) is 1. The summed E-state index contributed by atoms with van der Waals surface area (Å²) in [5, 5.41) is 11.7. The predicted molar refractivity (Wildman–Crippen MR) is 81.3 cm³/mol. The van der Waals surface area contributed by atoms with Crippen LogP contribution in [0.15, 0.2) is 45.3 Å². The molecule has 2 aromatic carbocycles. The molecule has 2 rings (SSSR count). The fourth-order valence-electron chi connectivity index (χ4n) is 1.72. The van der Waals surface area contributed by atoms with E-state index in [2.05, 4.69) is 37.2 Å². The molecule has 0 aliphatic heterocycles. The van der Waals surface area contributed by atoms with Crippen LogP contribution in [0, 0.1) is 11.3 Å². The Bertz CT molecular complexity index is 701. The van der Waals surface area contributed by atoms with Gasteiger partial charge in [0.2, 0.25) is 0 Å². The smallest absolute Gasteiger partial charge is 0.354 e. The lowest BCUT2D eigenvalue weighted by molar-refractivity contribution is -0.137. The van der Waals surface area contributed by atoms with Gasteiger partial charge in [-0.3, -0.25) is 0 Å². The van der Waals surface area contributed by atoms with E-state index in [4.69, 9.17) is 5.26 Å². The maximum Gasteiger partial charge on any atom is 0.417 e. The fraction of sp³-hybridized carbons (Fsp3) is 0.0714. The van der Waals surface area contributed by atoms with Crippen molar-refractivity contribution >= 4 is 43.2 Å². The number of rotatable bonds is 2. The number of alkyl halides is 3. The van der Waals surface area contributed by atoms with Gasteiger partial charge in [0, 0.05) is 14.6 Å². The molecule has 0 amide bonds. The highest BCUT2D eigenvalue weighted by atomic mass is 79.9. The Morgan fingerprint density at radius 1 is 1.05 bits per heavy atom. The molecular weight excluding hydrogens is 413 g/mol. The van der Waals surface area contributed by atoms with E-state index in [0.29, 0.717) is 14.6 Å². The van der Waals surface area contributed by atoms with Gasteiger partial charge in [0.05, 0.1) is 22.9 Å².